The average Bonchev–Trinajstić information content (AvgIpc) is 3.07. The maximum Gasteiger partial charge on any atom is 0.129 e. The third kappa shape index (κ3) is 3.99. The predicted octanol–water partition coefficient (Wildman–Crippen LogP) is 3.18. The Morgan fingerprint density at radius 2 is 2.00 bits per heavy atom. The summed E-state index contributed by atoms with van der Waals surface area (Å²) in [4.78, 5) is 9.03. The number of benzene rings is 2. The van der Waals surface area contributed by atoms with Crippen molar-refractivity contribution in [3.63, 3.8) is 0 Å². The molecule has 2 heterocycles. The molecule has 1 aromatic heterocycles. The van der Waals surface area contributed by atoms with Gasteiger partial charge in [0, 0.05) is 38.6 Å². The molecular weight excluding hydrogens is 348 g/mol. The van der Waals surface area contributed by atoms with Crippen molar-refractivity contribution in [2.45, 2.75) is 18.6 Å². The molecular formula is C23H24N4O. The molecule has 1 saturated heterocycles. The van der Waals surface area contributed by atoms with Crippen molar-refractivity contribution in [1.29, 1.82) is 5.26 Å². The number of nitrogens with zero attached hydrogens (tertiary/aromatic N) is 4. The van der Waals surface area contributed by atoms with Crippen molar-refractivity contribution in [1.82, 2.24) is 9.88 Å². The van der Waals surface area contributed by atoms with E-state index < -0.39 is 5.60 Å². The Bertz CT molecular complexity index is 1010. The molecule has 1 fully saturated rings. The van der Waals surface area contributed by atoms with E-state index >= 15 is 0 Å². The molecule has 28 heavy (non-hydrogen) atoms. The van der Waals surface area contributed by atoms with E-state index in [0.29, 0.717) is 18.7 Å². The van der Waals surface area contributed by atoms with Crippen LogP contribution in [-0.4, -0.2) is 47.3 Å². The fourth-order valence-corrected chi connectivity index (χ4v) is 3.97. The number of aromatic nitrogens is 1. The summed E-state index contributed by atoms with van der Waals surface area (Å²) in [6, 6.07) is 22.0. The van der Waals surface area contributed by atoms with Gasteiger partial charge in [-0.3, -0.25) is 4.90 Å². The van der Waals surface area contributed by atoms with Crippen molar-refractivity contribution >= 4 is 16.7 Å². The molecule has 1 unspecified atom stereocenters. The van der Waals surface area contributed by atoms with Gasteiger partial charge in [0.15, 0.2) is 0 Å². The number of pyridine rings is 1. The maximum absolute atomic E-state index is 11.1. The lowest BCUT2D eigenvalue weighted by Gasteiger charge is -2.30. The molecule has 1 atom stereocenters. The first kappa shape index (κ1) is 18.4. The second kappa shape index (κ2) is 7.59. The molecule has 1 aliphatic rings. The fourth-order valence-electron chi connectivity index (χ4n) is 3.97. The number of hydrogen-bond donors (Lipinski definition) is 1. The van der Waals surface area contributed by atoms with E-state index in [1.807, 2.05) is 42.3 Å². The van der Waals surface area contributed by atoms with Crippen LogP contribution in [0.3, 0.4) is 0 Å². The van der Waals surface area contributed by atoms with E-state index in [1.165, 1.54) is 5.56 Å². The zero-order chi connectivity index (χ0) is 19.6. The third-order valence-corrected chi connectivity index (χ3v) is 5.39. The van der Waals surface area contributed by atoms with Gasteiger partial charge in [0.1, 0.15) is 5.82 Å². The standard InChI is InChI=1S/C23H24N4O/c1-26(22-10-8-20-13-19(14-24)7-9-21(20)25-22)16-23(28)11-12-27(17-23)15-18-5-3-2-4-6-18/h2-10,13,28H,11-12,15-17H2,1H3. The molecule has 0 bridgehead atoms. The highest BCUT2D eigenvalue weighted by atomic mass is 16.3. The van der Waals surface area contributed by atoms with Gasteiger partial charge in [-0.25, -0.2) is 4.98 Å². The van der Waals surface area contributed by atoms with Crippen LogP contribution in [0.2, 0.25) is 0 Å². The van der Waals surface area contributed by atoms with Crippen LogP contribution in [-0.2, 0) is 6.54 Å². The molecule has 5 heteroatoms. The topological polar surface area (TPSA) is 63.4 Å². The number of fused-ring (bicyclic) bond motifs is 1. The Kier molecular flexibility index (Phi) is 4.99. The second-order valence-corrected chi connectivity index (χ2v) is 7.72. The molecule has 4 rings (SSSR count). The van der Waals surface area contributed by atoms with E-state index in [-0.39, 0.29) is 0 Å². The van der Waals surface area contributed by atoms with Crippen molar-refractivity contribution in [3.8, 4) is 6.07 Å². The number of likely N-dealkylation sites (N-methyl/N-ethyl adjacent to an activating group) is 1. The third-order valence-electron chi connectivity index (χ3n) is 5.39. The van der Waals surface area contributed by atoms with Gasteiger partial charge in [-0.15, -0.1) is 0 Å². The lowest BCUT2D eigenvalue weighted by Crippen LogP contribution is -2.44. The highest BCUT2D eigenvalue weighted by Gasteiger charge is 2.37. The van der Waals surface area contributed by atoms with Gasteiger partial charge in [-0.05, 0) is 42.3 Å². The molecule has 0 aliphatic carbocycles. The van der Waals surface area contributed by atoms with E-state index in [2.05, 4.69) is 35.2 Å². The summed E-state index contributed by atoms with van der Waals surface area (Å²) in [5.41, 5.74) is 2.01. The SMILES string of the molecule is CN(CC1(O)CCN(Cc2ccccc2)C1)c1ccc2cc(C#N)ccc2n1. The minimum atomic E-state index is -0.745. The van der Waals surface area contributed by atoms with Crippen molar-refractivity contribution in [2.75, 3.05) is 31.6 Å². The quantitative estimate of drug-likeness (QED) is 0.745. The molecule has 0 amide bonds. The van der Waals surface area contributed by atoms with Crippen molar-refractivity contribution < 1.29 is 5.11 Å². The fraction of sp³-hybridized carbons (Fsp3) is 0.304. The number of nitriles is 1. The Hall–Kier alpha value is -2.94. The summed E-state index contributed by atoms with van der Waals surface area (Å²) in [7, 11) is 1.97. The lowest BCUT2D eigenvalue weighted by molar-refractivity contribution is 0.0561. The molecule has 3 aromatic rings. The van der Waals surface area contributed by atoms with Crippen molar-refractivity contribution in [3.05, 3.63) is 71.8 Å². The van der Waals surface area contributed by atoms with Gasteiger partial charge in [-0.1, -0.05) is 30.3 Å². The van der Waals surface area contributed by atoms with E-state index in [0.717, 1.165) is 36.2 Å². The number of rotatable bonds is 5. The van der Waals surface area contributed by atoms with Gasteiger partial charge in [0.05, 0.1) is 22.8 Å². The first-order chi connectivity index (χ1) is 13.5. The molecule has 5 nitrogen and oxygen atoms in total. The van der Waals surface area contributed by atoms with Gasteiger partial charge < -0.3 is 10.0 Å². The Morgan fingerprint density at radius 1 is 1.18 bits per heavy atom. The van der Waals surface area contributed by atoms with Gasteiger partial charge >= 0.3 is 0 Å². The zero-order valence-electron chi connectivity index (χ0n) is 16.0. The van der Waals surface area contributed by atoms with Crippen LogP contribution in [0.15, 0.2) is 60.7 Å². The van der Waals surface area contributed by atoms with Gasteiger partial charge in [-0.2, -0.15) is 5.26 Å². The summed E-state index contributed by atoms with van der Waals surface area (Å²) in [5.74, 6) is 0.826. The predicted molar refractivity (Wildman–Crippen MR) is 111 cm³/mol. The summed E-state index contributed by atoms with van der Waals surface area (Å²) in [6.45, 7) is 2.95. The highest BCUT2D eigenvalue weighted by Crippen LogP contribution is 2.26. The molecule has 0 radical (unpaired) electrons. The molecule has 142 valence electrons. The Balaban J connectivity index is 1.43. The largest absolute Gasteiger partial charge is 0.387 e. The second-order valence-electron chi connectivity index (χ2n) is 7.72. The molecule has 2 aromatic carbocycles. The lowest BCUT2D eigenvalue weighted by atomic mass is 10.0. The van der Waals surface area contributed by atoms with Gasteiger partial charge in [0.2, 0.25) is 0 Å². The van der Waals surface area contributed by atoms with Crippen LogP contribution >= 0.6 is 0 Å². The Labute approximate surface area is 165 Å². The van der Waals surface area contributed by atoms with Crippen LogP contribution in [0.5, 0.6) is 0 Å². The number of hydrogen-bond acceptors (Lipinski definition) is 5. The first-order valence-corrected chi connectivity index (χ1v) is 9.55. The van der Waals surface area contributed by atoms with Crippen LogP contribution < -0.4 is 4.90 Å². The van der Waals surface area contributed by atoms with E-state index in [9.17, 15) is 5.11 Å². The van der Waals surface area contributed by atoms with Gasteiger partial charge in [0.25, 0.3) is 0 Å². The summed E-state index contributed by atoms with van der Waals surface area (Å²) >= 11 is 0. The minimum absolute atomic E-state index is 0.535. The first-order valence-electron chi connectivity index (χ1n) is 9.55. The number of β-amino-alcohol motifs (C(OH)–C–C–N with tert-alkyl or cyclic N) is 1. The van der Waals surface area contributed by atoms with Crippen LogP contribution in [0.1, 0.15) is 17.5 Å². The number of anilines is 1. The van der Waals surface area contributed by atoms with Crippen LogP contribution in [0.4, 0.5) is 5.82 Å². The smallest absolute Gasteiger partial charge is 0.129 e. The monoisotopic (exact) mass is 372 g/mol. The normalized spacial score (nSPS) is 19.6. The molecule has 0 spiro atoms. The average molecular weight is 372 g/mol. The number of likely N-dealkylation sites (tertiary alicyclic amines) is 1. The number of aliphatic hydroxyl groups is 1. The maximum atomic E-state index is 11.1. The van der Waals surface area contributed by atoms with E-state index in [4.69, 9.17) is 10.2 Å². The van der Waals surface area contributed by atoms with Crippen LogP contribution in [0, 0.1) is 11.3 Å². The molecule has 0 saturated carbocycles. The molecule has 1 aliphatic heterocycles. The zero-order valence-corrected chi connectivity index (χ0v) is 16.0. The van der Waals surface area contributed by atoms with Crippen LogP contribution in [0.25, 0.3) is 10.9 Å². The minimum Gasteiger partial charge on any atom is -0.387 e. The summed E-state index contributed by atoms with van der Waals surface area (Å²) in [6.07, 6.45) is 0.753. The highest BCUT2D eigenvalue weighted by molar-refractivity contribution is 5.81. The summed E-state index contributed by atoms with van der Waals surface area (Å²) < 4.78 is 0. The Morgan fingerprint density at radius 3 is 2.79 bits per heavy atom. The summed E-state index contributed by atoms with van der Waals surface area (Å²) in [5, 5.41) is 21.1. The molecule has 1 N–H and O–H groups in total. The van der Waals surface area contributed by atoms with Crippen molar-refractivity contribution in [2.24, 2.45) is 0 Å². The van der Waals surface area contributed by atoms with E-state index in [1.54, 1.807) is 6.07 Å².